The van der Waals surface area contributed by atoms with Gasteiger partial charge in [-0.05, 0) is 43.5 Å². The van der Waals surface area contributed by atoms with E-state index in [4.69, 9.17) is 0 Å². The standard InChI is InChI=1S/C21H21N5O/c1-14-11-19(23-13-15-3-2-10-22-12-15)26-20(24-14)16-4-6-17(7-5-16)21(27)25-18-8-9-18/h2-7,10-12,18H,8-9,13H2,1H3,(H,25,27)(H,23,24,26). The van der Waals surface area contributed by atoms with Gasteiger partial charge in [0.05, 0.1) is 0 Å². The monoisotopic (exact) mass is 359 g/mol. The Morgan fingerprint density at radius 3 is 2.67 bits per heavy atom. The van der Waals surface area contributed by atoms with E-state index in [0.29, 0.717) is 24.0 Å². The minimum atomic E-state index is -0.0203. The Morgan fingerprint density at radius 1 is 1.15 bits per heavy atom. The fourth-order valence-electron chi connectivity index (χ4n) is 2.75. The van der Waals surface area contributed by atoms with E-state index in [1.165, 1.54) is 0 Å². The molecular formula is C21H21N5O. The summed E-state index contributed by atoms with van der Waals surface area (Å²) in [4.78, 5) is 25.4. The summed E-state index contributed by atoms with van der Waals surface area (Å²) in [7, 11) is 0. The molecule has 1 saturated carbocycles. The van der Waals surface area contributed by atoms with Crippen LogP contribution in [-0.2, 0) is 6.54 Å². The summed E-state index contributed by atoms with van der Waals surface area (Å²) in [5.74, 6) is 1.38. The molecule has 1 aliphatic carbocycles. The van der Waals surface area contributed by atoms with Gasteiger partial charge >= 0.3 is 0 Å². The highest BCUT2D eigenvalue weighted by atomic mass is 16.1. The average Bonchev–Trinajstić information content (AvgIpc) is 3.51. The van der Waals surface area contributed by atoms with Gasteiger partial charge in [0, 0.05) is 47.9 Å². The van der Waals surface area contributed by atoms with Crippen LogP contribution in [0.25, 0.3) is 11.4 Å². The highest BCUT2D eigenvalue weighted by molar-refractivity contribution is 5.95. The van der Waals surface area contributed by atoms with Gasteiger partial charge in [-0.2, -0.15) is 0 Å². The van der Waals surface area contributed by atoms with E-state index < -0.39 is 0 Å². The van der Waals surface area contributed by atoms with E-state index in [1.807, 2.05) is 55.6 Å². The molecule has 1 aliphatic rings. The Hall–Kier alpha value is -3.28. The number of carbonyl (C=O) groups excluding carboxylic acids is 1. The molecule has 6 heteroatoms. The van der Waals surface area contributed by atoms with Crippen LogP contribution >= 0.6 is 0 Å². The number of carbonyl (C=O) groups is 1. The molecule has 1 amide bonds. The topological polar surface area (TPSA) is 79.8 Å². The van der Waals surface area contributed by atoms with Crippen LogP contribution in [0, 0.1) is 6.92 Å². The Morgan fingerprint density at radius 2 is 1.96 bits per heavy atom. The maximum absolute atomic E-state index is 12.1. The Labute approximate surface area is 158 Å². The Bertz CT molecular complexity index is 937. The first-order chi connectivity index (χ1) is 13.2. The lowest BCUT2D eigenvalue weighted by molar-refractivity contribution is 0.0951. The highest BCUT2D eigenvalue weighted by Gasteiger charge is 2.23. The van der Waals surface area contributed by atoms with Gasteiger partial charge in [-0.1, -0.05) is 18.2 Å². The van der Waals surface area contributed by atoms with Crippen molar-refractivity contribution < 1.29 is 4.79 Å². The van der Waals surface area contributed by atoms with Crippen LogP contribution in [0.4, 0.5) is 5.82 Å². The number of hydrogen-bond donors (Lipinski definition) is 2. The van der Waals surface area contributed by atoms with Crippen LogP contribution in [-0.4, -0.2) is 26.9 Å². The molecular weight excluding hydrogens is 338 g/mol. The number of benzene rings is 1. The van der Waals surface area contributed by atoms with Gasteiger partial charge in [0.15, 0.2) is 5.82 Å². The van der Waals surface area contributed by atoms with Crippen molar-refractivity contribution >= 4 is 11.7 Å². The van der Waals surface area contributed by atoms with E-state index in [1.54, 1.807) is 6.20 Å². The lowest BCUT2D eigenvalue weighted by Gasteiger charge is -2.09. The van der Waals surface area contributed by atoms with Gasteiger partial charge in [0.25, 0.3) is 5.91 Å². The fourth-order valence-corrected chi connectivity index (χ4v) is 2.75. The summed E-state index contributed by atoms with van der Waals surface area (Å²) >= 11 is 0. The summed E-state index contributed by atoms with van der Waals surface area (Å²) in [6.45, 7) is 2.59. The van der Waals surface area contributed by atoms with Gasteiger partial charge in [0.2, 0.25) is 0 Å². The molecule has 0 saturated heterocycles. The number of amides is 1. The molecule has 6 nitrogen and oxygen atoms in total. The summed E-state index contributed by atoms with van der Waals surface area (Å²) in [6.07, 6.45) is 5.74. The predicted octanol–water partition coefficient (Wildman–Crippen LogP) is 3.35. The molecule has 0 bridgehead atoms. The van der Waals surface area contributed by atoms with Gasteiger partial charge in [-0.25, -0.2) is 9.97 Å². The second-order valence-corrected chi connectivity index (χ2v) is 6.76. The number of rotatable bonds is 6. The van der Waals surface area contributed by atoms with Crippen molar-refractivity contribution in [1.29, 1.82) is 0 Å². The van der Waals surface area contributed by atoms with Crippen LogP contribution in [0.3, 0.4) is 0 Å². The van der Waals surface area contributed by atoms with Gasteiger partial charge in [0.1, 0.15) is 5.82 Å². The van der Waals surface area contributed by atoms with Crippen LogP contribution in [0.2, 0.25) is 0 Å². The lowest BCUT2D eigenvalue weighted by Crippen LogP contribution is -2.25. The molecule has 2 aromatic heterocycles. The normalized spacial score (nSPS) is 13.2. The first-order valence-corrected chi connectivity index (χ1v) is 9.07. The SMILES string of the molecule is Cc1cc(NCc2cccnc2)nc(-c2ccc(C(=O)NC3CC3)cc2)n1. The van der Waals surface area contributed by atoms with Crippen LogP contribution < -0.4 is 10.6 Å². The second-order valence-electron chi connectivity index (χ2n) is 6.76. The molecule has 2 N–H and O–H groups in total. The second kappa shape index (κ2) is 7.53. The molecule has 136 valence electrons. The average molecular weight is 359 g/mol. The van der Waals surface area contributed by atoms with Crippen LogP contribution in [0.5, 0.6) is 0 Å². The van der Waals surface area contributed by atoms with Gasteiger partial charge in [-0.3, -0.25) is 9.78 Å². The van der Waals surface area contributed by atoms with E-state index in [2.05, 4.69) is 25.6 Å². The number of nitrogens with one attached hydrogen (secondary N) is 2. The fraction of sp³-hybridized carbons (Fsp3) is 0.238. The summed E-state index contributed by atoms with van der Waals surface area (Å²) in [6, 6.07) is 13.6. The molecule has 4 rings (SSSR count). The molecule has 0 radical (unpaired) electrons. The van der Waals surface area contributed by atoms with Crippen LogP contribution in [0.15, 0.2) is 54.9 Å². The van der Waals surface area contributed by atoms with Crippen molar-refractivity contribution in [3.8, 4) is 11.4 Å². The zero-order chi connectivity index (χ0) is 18.6. The minimum Gasteiger partial charge on any atom is -0.366 e. The van der Waals surface area contributed by atoms with Crippen molar-refractivity contribution in [2.75, 3.05) is 5.32 Å². The number of aryl methyl sites for hydroxylation is 1. The number of pyridine rings is 1. The Kier molecular flexibility index (Phi) is 4.78. The maximum Gasteiger partial charge on any atom is 0.251 e. The van der Waals surface area contributed by atoms with Gasteiger partial charge < -0.3 is 10.6 Å². The molecule has 0 spiro atoms. The number of anilines is 1. The molecule has 0 aliphatic heterocycles. The Balaban J connectivity index is 1.49. The molecule has 27 heavy (non-hydrogen) atoms. The lowest BCUT2D eigenvalue weighted by atomic mass is 10.1. The van der Waals surface area contributed by atoms with Gasteiger partial charge in [-0.15, -0.1) is 0 Å². The number of hydrogen-bond acceptors (Lipinski definition) is 5. The first-order valence-electron chi connectivity index (χ1n) is 9.07. The third-order valence-electron chi connectivity index (χ3n) is 4.37. The third kappa shape index (κ3) is 4.47. The summed E-state index contributed by atoms with van der Waals surface area (Å²) < 4.78 is 0. The number of aromatic nitrogens is 3. The first kappa shape index (κ1) is 17.1. The number of nitrogens with zero attached hydrogens (tertiary/aromatic N) is 3. The smallest absolute Gasteiger partial charge is 0.251 e. The largest absolute Gasteiger partial charge is 0.366 e. The zero-order valence-corrected chi connectivity index (χ0v) is 15.1. The van der Waals surface area contributed by atoms with E-state index in [0.717, 1.165) is 35.5 Å². The van der Waals surface area contributed by atoms with Crippen molar-refractivity contribution in [3.63, 3.8) is 0 Å². The van der Waals surface area contributed by atoms with Crippen molar-refractivity contribution in [1.82, 2.24) is 20.3 Å². The molecule has 3 aromatic rings. The van der Waals surface area contributed by atoms with Crippen LogP contribution in [0.1, 0.15) is 34.5 Å². The molecule has 0 unspecified atom stereocenters. The quantitative estimate of drug-likeness (QED) is 0.705. The van der Waals surface area contributed by atoms with E-state index in [-0.39, 0.29) is 5.91 Å². The molecule has 2 heterocycles. The van der Waals surface area contributed by atoms with E-state index in [9.17, 15) is 4.79 Å². The highest BCUT2D eigenvalue weighted by Crippen LogP contribution is 2.21. The zero-order valence-electron chi connectivity index (χ0n) is 15.1. The predicted molar refractivity (Wildman–Crippen MR) is 104 cm³/mol. The summed E-state index contributed by atoms with van der Waals surface area (Å²) in [5, 5.41) is 6.31. The molecule has 1 fully saturated rings. The maximum atomic E-state index is 12.1. The van der Waals surface area contributed by atoms with E-state index >= 15 is 0 Å². The molecule has 0 atom stereocenters. The minimum absolute atomic E-state index is 0.0203. The van der Waals surface area contributed by atoms with Crippen molar-refractivity contribution in [2.45, 2.75) is 32.4 Å². The molecule has 1 aromatic carbocycles. The van der Waals surface area contributed by atoms with Crippen molar-refractivity contribution in [3.05, 3.63) is 71.7 Å². The summed E-state index contributed by atoms with van der Waals surface area (Å²) in [5.41, 5.74) is 3.50. The van der Waals surface area contributed by atoms with Crippen molar-refractivity contribution in [2.24, 2.45) is 0 Å². The third-order valence-corrected chi connectivity index (χ3v) is 4.37.